The van der Waals surface area contributed by atoms with E-state index in [9.17, 15) is 14.9 Å². The first-order valence-electron chi connectivity index (χ1n) is 9.33. The number of ether oxygens (including phenoxy) is 1. The zero-order chi connectivity index (χ0) is 21.3. The molecule has 0 radical (unpaired) electrons. The van der Waals surface area contributed by atoms with Gasteiger partial charge in [-0.3, -0.25) is 14.9 Å². The van der Waals surface area contributed by atoms with E-state index in [-0.39, 0.29) is 16.5 Å². The average Bonchev–Trinajstić information content (AvgIpc) is 2.72. The molecule has 3 aromatic rings. The predicted molar refractivity (Wildman–Crippen MR) is 116 cm³/mol. The second-order valence-electron chi connectivity index (χ2n) is 7.25. The van der Waals surface area contributed by atoms with Gasteiger partial charge in [-0.2, -0.15) is 0 Å². The molecule has 0 aliphatic carbocycles. The SMILES string of the molecule is O=c1[nH]cnc2cc(NCC3(c4ccc(Cl)cc4Cl)CCOCC3)c([N+](=O)[O-])cc12. The molecule has 0 spiro atoms. The van der Waals surface area contributed by atoms with Crippen LogP contribution in [0.2, 0.25) is 10.0 Å². The number of halogens is 2. The maximum Gasteiger partial charge on any atom is 0.293 e. The van der Waals surface area contributed by atoms with E-state index in [4.69, 9.17) is 27.9 Å². The van der Waals surface area contributed by atoms with Gasteiger partial charge in [-0.25, -0.2) is 4.98 Å². The smallest absolute Gasteiger partial charge is 0.293 e. The molecule has 2 heterocycles. The van der Waals surface area contributed by atoms with Crippen LogP contribution in [0.1, 0.15) is 18.4 Å². The number of hydrogen-bond acceptors (Lipinski definition) is 6. The van der Waals surface area contributed by atoms with E-state index < -0.39 is 10.5 Å². The van der Waals surface area contributed by atoms with E-state index in [0.29, 0.717) is 53.8 Å². The molecule has 1 fully saturated rings. The summed E-state index contributed by atoms with van der Waals surface area (Å²) in [6, 6.07) is 8.15. The summed E-state index contributed by atoms with van der Waals surface area (Å²) in [5, 5.41) is 16.1. The lowest BCUT2D eigenvalue weighted by Gasteiger charge is -2.38. The number of rotatable bonds is 5. The summed E-state index contributed by atoms with van der Waals surface area (Å²) >= 11 is 12.6. The van der Waals surface area contributed by atoms with Crippen molar-refractivity contribution < 1.29 is 9.66 Å². The van der Waals surface area contributed by atoms with E-state index in [1.165, 1.54) is 18.5 Å². The highest BCUT2D eigenvalue weighted by atomic mass is 35.5. The van der Waals surface area contributed by atoms with Crippen LogP contribution in [0.25, 0.3) is 10.9 Å². The van der Waals surface area contributed by atoms with Gasteiger partial charge >= 0.3 is 0 Å². The van der Waals surface area contributed by atoms with Gasteiger partial charge in [-0.05, 0) is 36.6 Å². The Hall–Kier alpha value is -2.68. The molecule has 1 aliphatic rings. The van der Waals surface area contributed by atoms with Crippen LogP contribution >= 0.6 is 23.2 Å². The molecule has 2 N–H and O–H groups in total. The van der Waals surface area contributed by atoms with Gasteiger partial charge in [0.1, 0.15) is 5.69 Å². The summed E-state index contributed by atoms with van der Waals surface area (Å²) < 4.78 is 5.54. The molecule has 0 bridgehead atoms. The predicted octanol–water partition coefficient (Wildman–Crippen LogP) is 4.30. The number of nitrogens with one attached hydrogen (secondary N) is 2. The molecule has 156 valence electrons. The van der Waals surface area contributed by atoms with Gasteiger partial charge in [0.2, 0.25) is 0 Å². The van der Waals surface area contributed by atoms with Crippen LogP contribution in [0.15, 0.2) is 41.5 Å². The Balaban J connectivity index is 1.74. The van der Waals surface area contributed by atoms with Crippen LogP contribution in [-0.2, 0) is 10.2 Å². The third kappa shape index (κ3) is 3.86. The molecule has 8 nitrogen and oxygen atoms in total. The van der Waals surface area contributed by atoms with Crippen molar-refractivity contribution in [1.29, 1.82) is 0 Å². The quantitative estimate of drug-likeness (QED) is 0.444. The second kappa shape index (κ2) is 8.22. The Morgan fingerprint density at radius 2 is 2.00 bits per heavy atom. The summed E-state index contributed by atoms with van der Waals surface area (Å²) in [7, 11) is 0. The summed E-state index contributed by atoms with van der Waals surface area (Å²) in [4.78, 5) is 29.7. The Kier molecular flexibility index (Phi) is 5.64. The topological polar surface area (TPSA) is 110 Å². The fourth-order valence-corrected chi connectivity index (χ4v) is 4.49. The second-order valence-corrected chi connectivity index (χ2v) is 8.09. The highest BCUT2D eigenvalue weighted by molar-refractivity contribution is 6.35. The highest BCUT2D eigenvalue weighted by Crippen LogP contribution is 2.40. The van der Waals surface area contributed by atoms with Crippen molar-refractivity contribution in [3.05, 3.63) is 72.7 Å². The molecule has 2 aromatic carbocycles. The highest BCUT2D eigenvalue weighted by Gasteiger charge is 2.36. The minimum Gasteiger partial charge on any atom is -0.381 e. The number of hydrogen-bond donors (Lipinski definition) is 2. The molecule has 0 atom stereocenters. The standard InChI is InChI=1S/C20H18Cl2N4O4/c21-12-1-2-14(15(22)7-12)20(3-5-30-6-4-20)10-23-17-9-16-13(8-18(17)26(28)29)19(27)25-11-24-16/h1-2,7-9,11,23H,3-6,10H2,(H,24,25,27). The molecular formula is C20H18Cl2N4O4. The van der Waals surface area contributed by atoms with E-state index in [2.05, 4.69) is 15.3 Å². The van der Waals surface area contributed by atoms with Crippen LogP contribution < -0.4 is 10.9 Å². The van der Waals surface area contributed by atoms with Crippen molar-refractivity contribution in [2.24, 2.45) is 0 Å². The number of aromatic nitrogens is 2. The molecule has 0 unspecified atom stereocenters. The minimum atomic E-state index is -0.514. The zero-order valence-electron chi connectivity index (χ0n) is 15.8. The molecule has 1 aliphatic heterocycles. The van der Waals surface area contributed by atoms with Crippen LogP contribution in [0.4, 0.5) is 11.4 Å². The molecule has 0 saturated carbocycles. The third-order valence-corrected chi connectivity index (χ3v) is 6.07. The monoisotopic (exact) mass is 448 g/mol. The number of benzene rings is 2. The van der Waals surface area contributed by atoms with Crippen LogP contribution in [0, 0.1) is 10.1 Å². The number of nitrogens with zero attached hydrogens (tertiary/aromatic N) is 2. The minimum absolute atomic E-state index is 0.163. The van der Waals surface area contributed by atoms with Crippen molar-refractivity contribution in [1.82, 2.24) is 9.97 Å². The lowest BCUT2D eigenvalue weighted by molar-refractivity contribution is -0.383. The first kappa shape index (κ1) is 20.6. The maximum atomic E-state index is 12.0. The third-order valence-electron chi connectivity index (χ3n) is 5.52. The zero-order valence-corrected chi connectivity index (χ0v) is 17.3. The fraction of sp³-hybridized carbons (Fsp3) is 0.300. The summed E-state index contributed by atoms with van der Waals surface area (Å²) in [6.07, 6.45) is 2.66. The molecule has 10 heteroatoms. The summed E-state index contributed by atoms with van der Waals surface area (Å²) in [5.41, 5.74) is 0.583. The first-order valence-corrected chi connectivity index (χ1v) is 10.1. The molecule has 0 amide bonds. The lowest BCUT2D eigenvalue weighted by atomic mass is 9.74. The number of nitro groups is 1. The Morgan fingerprint density at radius 3 is 2.70 bits per heavy atom. The van der Waals surface area contributed by atoms with Gasteiger partial charge < -0.3 is 15.0 Å². The summed E-state index contributed by atoms with van der Waals surface area (Å²) in [5.74, 6) is 0. The van der Waals surface area contributed by atoms with Gasteiger partial charge in [0, 0.05) is 41.3 Å². The van der Waals surface area contributed by atoms with Gasteiger partial charge in [0.15, 0.2) is 0 Å². The van der Waals surface area contributed by atoms with Crippen LogP contribution in [-0.4, -0.2) is 34.6 Å². The Morgan fingerprint density at radius 1 is 1.23 bits per heavy atom. The average molecular weight is 449 g/mol. The fourth-order valence-electron chi connectivity index (χ4n) is 3.88. The Bertz CT molecular complexity index is 1180. The molecule has 4 rings (SSSR count). The molecule has 1 aromatic heterocycles. The normalized spacial score (nSPS) is 15.8. The molecule has 30 heavy (non-hydrogen) atoms. The van der Waals surface area contributed by atoms with Gasteiger partial charge in [0.25, 0.3) is 11.2 Å². The van der Waals surface area contributed by atoms with Gasteiger partial charge in [0.05, 0.1) is 22.2 Å². The number of nitro benzene ring substituents is 1. The van der Waals surface area contributed by atoms with E-state index in [1.54, 1.807) is 12.1 Å². The largest absolute Gasteiger partial charge is 0.381 e. The number of fused-ring (bicyclic) bond motifs is 1. The van der Waals surface area contributed by atoms with Gasteiger partial charge in [-0.15, -0.1) is 0 Å². The van der Waals surface area contributed by atoms with Crippen molar-refractivity contribution >= 4 is 45.5 Å². The van der Waals surface area contributed by atoms with Gasteiger partial charge in [-0.1, -0.05) is 29.3 Å². The van der Waals surface area contributed by atoms with E-state index in [1.807, 2.05) is 6.07 Å². The number of aromatic amines is 1. The molecular weight excluding hydrogens is 431 g/mol. The van der Waals surface area contributed by atoms with Crippen molar-refractivity contribution in [2.45, 2.75) is 18.3 Å². The maximum absolute atomic E-state index is 12.0. The van der Waals surface area contributed by atoms with Crippen LogP contribution in [0.3, 0.4) is 0 Å². The number of H-pyrrole nitrogens is 1. The first-order chi connectivity index (χ1) is 14.4. The Labute approximate surface area is 181 Å². The van der Waals surface area contributed by atoms with E-state index in [0.717, 1.165) is 5.56 Å². The van der Waals surface area contributed by atoms with E-state index >= 15 is 0 Å². The molecule has 1 saturated heterocycles. The van der Waals surface area contributed by atoms with Crippen molar-refractivity contribution in [2.75, 3.05) is 25.1 Å². The number of anilines is 1. The summed E-state index contributed by atoms with van der Waals surface area (Å²) in [6.45, 7) is 1.50. The van der Waals surface area contributed by atoms with Crippen LogP contribution in [0.5, 0.6) is 0 Å². The van der Waals surface area contributed by atoms with Crippen molar-refractivity contribution in [3.63, 3.8) is 0 Å². The van der Waals surface area contributed by atoms with Crippen molar-refractivity contribution in [3.8, 4) is 0 Å². The lowest BCUT2D eigenvalue weighted by Crippen LogP contribution is -2.40.